The van der Waals surface area contributed by atoms with Crippen LogP contribution in [0, 0.1) is 5.41 Å². The molecule has 9 aromatic rings. The van der Waals surface area contributed by atoms with E-state index in [-0.39, 0.29) is 11.3 Å². The van der Waals surface area contributed by atoms with Crippen molar-refractivity contribution in [3.05, 3.63) is 204 Å². The fraction of sp³-hybridized carbons (Fsp3) is 0.0769. The van der Waals surface area contributed by atoms with Crippen LogP contribution in [-0.4, -0.2) is 16.1 Å². The summed E-state index contributed by atoms with van der Waals surface area (Å²) in [4.78, 5) is 11.0. The van der Waals surface area contributed by atoms with Crippen LogP contribution in [0.4, 0.5) is 11.4 Å². The Morgan fingerprint density at radius 3 is 2.09 bits per heavy atom. The van der Waals surface area contributed by atoms with Crippen LogP contribution >= 0.6 is 0 Å². The Balaban J connectivity index is 1.05. The molecule has 1 spiro atoms. The van der Waals surface area contributed by atoms with Crippen molar-refractivity contribution in [2.75, 3.05) is 0 Å². The predicted octanol–water partition coefficient (Wildman–Crippen LogP) is 13.0. The van der Waals surface area contributed by atoms with Gasteiger partial charge in [-0.15, -0.1) is 0 Å². The van der Waals surface area contributed by atoms with Crippen LogP contribution in [0.25, 0.3) is 54.8 Å². The minimum Gasteiger partial charge on any atom is -0.296 e. The Bertz CT molecular complexity index is 3200. The van der Waals surface area contributed by atoms with Crippen molar-refractivity contribution in [3.63, 3.8) is 0 Å². The Kier molecular flexibility index (Phi) is 5.73. The predicted molar refractivity (Wildman–Crippen MR) is 227 cm³/mol. The van der Waals surface area contributed by atoms with Crippen molar-refractivity contribution < 1.29 is 0 Å². The molecular formula is C52H33N3. The highest BCUT2D eigenvalue weighted by Gasteiger charge is 2.66. The topological polar surface area (TPSA) is 29.6 Å². The zero-order valence-corrected chi connectivity index (χ0v) is 29.9. The Hall–Kier alpha value is -6.84. The van der Waals surface area contributed by atoms with E-state index >= 15 is 0 Å². The molecule has 3 nitrogen and oxygen atoms in total. The van der Waals surface area contributed by atoms with E-state index in [1.165, 1.54) is 77.1 Å². The molecule has 0 saturated heterocycles. The summed E-state index contributed by atoms with van der Waals surface area (Å²) in [6.07, 6.45) is 1.00. The molecule has 55 heavy (non-hydrogen) atoms. The van der Waals surface area contributed by atoms with Crippen molar-refractivity contribution in [1.29, 1.82) is 0 Å². The van der Waals surface area contributed by atoms with Crippen molar-refractivity contribution in [1.82, 2.24) is 4.57 Å². The van der Waals surface area contributed by atoms with E-state index in [9.17, 15) is 0 Å². The lowest BCUT2D eigenvalue weighted by atomic mass is 9.82. The normalized spacial score (nSPS) is 19.9. The number of benzene rings is 8. The van der Waals surface area contributed by atoms with E-state index in [0.717, 1.165) is 34.9 Å². The first-order valence-corrected chi connectivity index (χ1v) is 19.4. The van der Waals surface area contributed by atoms with Crippen LogP contribution in [0.1, 0.15) is 46.1 Å². The summed E-state index contributed by atoms with van der Waals surface area (Å²) in [5.74, 6) is 1.67. The molecule has 1 fully saturated rings. The van der Waals surface area contributed by atoms with Gasteiger partial charge in [-0.2, -0.15) is 0 Å². The standard InChI is InChI=1S/C52H33N3/c1-2-13-32(14-3-1)48-37-17-7-6-16-36(37)41-28-33(22-25-38(41)48)34-24-26-46-42(29-34)49-35-15-5-4-12-31(35)23-27-47(49)55(46)51-52-30-43(52)39-18-8-10-20-44(39)53-50(52)40-19-9-11-21-45(40)54-51/h1-29,43,48H,30H2/t43?,48?,52-/m1/s1. The lowest BCUT2D eigenvalue weighted by Gasteiger charge is -2.32. The molecular weight excluding hydrogens is 667 g/mol. The zero-order valence-electron chi connectivity index (χ0n) is 29.9. The molecule has 0 N–H and O–H groups in total. The SMILES string of the molecule is c1ccc(C2c3ccccc3-c3cc(-c4ccc5c(c4)c4c6ccccc6ccc4n5C4=Nc5ccccc5C5=Nc6ccccc6C6C[C@@]546)ccc32)cc1. The molecule has 1 aromatic heterocycles. The summed E-state index contributed by atoms with van der Waals surface area (Å²) in [6, 6.07) is 64.8. The molecule has 3 heteroatoms. The number of nitrogens with zero attached hydrogens (tertiary/aromatic N) is 3. The minimum atomic E-state index is -0.283. The van der Waals surface area contributed by atoms with Crippen LogP contribution in [0.3, 0.4) is 0 Å². The maximum atomic E-state index is 5.61. The molecule has 4 aliphatic rings. The van der Waals surface area contributed by atoms with Crippen LogP contribution in [0.5, 0.6) is 0 Å². The van der Waals surface area contributed by atoms with Crippen molar-refractivity contribution in [3.8, 4) is 22.3 Å². The average Bonchev–Trinajstić information content (AvgIpc) is 3.80. The van der Waals surface area contributed by atoms with Gasteiger partial charge in [-0.1, -0.05) is 140 Å². The van der Waals surface area contributed by atoms with Crippen molar-refractivity contribution in [2.24, 2.45) is 15.4 Å². The van der Waals surface area contributed by atoms with E-state index < -0.39 is 0 Å². The average molecular weight is 700 g/mol. The first kappa shape index (κ1) is 29.6. The second kappa shape index (κ2) is 10.6. The fourth-order valence-corrected chi connectivity index (χ4v) is 10.5. The summed E-state index contributed by atoms with van der Waals surface area (Å²) in [6.45, 7) is 0. The zero-order chi connectivity index (χ0) is 35.8. The van der Waals surface area contributed by atoms with Gasteiger partial charge >= 0.3 is 0 Å². The fourth-order valence-electron chi connectivity index (χ4n) is 10.5. The second-order valence-electron chi connectivity index (χ2n) is 15.7. The second-order valence-corrected chi connectivity index (χ2v) is 15.7. The molecule has 0 bridgehead atoms. The molecule has 2 unspecified atom stereocenters. The van der Waals surface area contributed by atoms with E-state index in [0.29, 0.717) is 5.92 Å². The first-order valence-electron chi connectivity index (χ1n) is 19.4. The Morgan fingerprint density at radius 2 is 1.18 bits per heavy atom. The van der Waals surface area contributed by atoms with E-state index in [1.54, 1.807) is 0 Å². The molecule has 2 aliphatic carbocycles. The summed E-state index contributed by atoms with van der Waals surface area (Å²) < 4.78 is 2.49. The molecule has 1 saturated carbocycles. The quantitative estimate of drug-likeness (QED) is 0.172. The van der Waals surface area contributed by atoms with Gasteiger partial charge in [0.05, 0.1) is 33.5 Å². The van der Waals surface area contributed by atoms with E-state index in [2.05, 4.69) is 180 Å². The van der Waals surface area contributed by atoms with Crippen LogP contribution < -0.4 is 0 Å². The summed E-state index contributed by atoms with van der Waals surface area (Å²) in [5.41, 5.74) is 17.0. The highest BCUT2D eigenvalue weighted by atomic mass is 15.1. The van der Waals surface area contributed by atoms with E-state index in [1.807, 2.05) is 0 Å². The number of hydrogen-bond donors (Lipinski definition) is 0. The van der Waals surface area contributed by atoms with Gasteiger partial charge in [0, 0.05) is 28.2 Å². The molecule has 3 atom stereocenters. The van der Waals surface area contributed by atoms with Gasteiger partial charge in [0.2, 0.25) is 0 Å². The van der Waals surface area contributed by atoms with Crippen molar-refractivity contribution in [2.45, 2.75) is 18.3 Å². The van der Waals surface area contributed by atoms with Gasteiger partial charge in [0.15, 0.2) is 0 Å². The van der Waals surface area contributed by atoms with Crippen LogP contribution in [0.15, 0.2) is 186 Å². The molecule has 8 aromatic carbocycles. The van der Waals surface area contributed by atoms with Crippen LogP contribution in [-0.2, 0) is 0 Å². The third-order valence-electron chi connectivity index (χ3n) is 13.0. The lowest BCUT2D eigenvalue weighted by Crippen LogP contribution is -2.37. The molecule has 256 valence electrons. The monoisotopic (exact) mass is 699 g/mol. The van der Waals surface area contributed by atoms with Crippen molar-refractivity contribution >= 4 is 55.5 Å². The summed E-state index contributed by atoms with van der Waals surface area (Å²) in [7, 11) is 0. The van der Waals surface area contributed by atoms with Gasteiger partial charge in [0.25, 0.3) is 0 Å². The number of hydrogen-bond acceptors (Lipinski definition) is 2. The number of rotatable bonds is 2. The van der Waals surface area contributed by atoms with Crippen LogP contribution in [0.2, 0.25) is 0 Å². The molecule has 13 rings (SSSR count). The smallest absolute Gasteiger partial charge is 0.127 e. The summed E-state index contributed by atoms with van der Waals surface area (Å²) in [5, 5.41) is 5.03. The third-order valence-corrected chi connectivity index (χ3v) is 13.0. The van der Waals surface area contributed by atoms with E-state index in [4.69, 9.17) is 9.98 Å². The molecule has 2 aliphatic heterocycles. The van der Waals surface area contributed by atoms with Gasteiger partial charge in [-0.25, -0.2) is 4.99 Å². The Labute approximate surface area is 318 Å². The highest BCUT2D eigenvalue weighted by molar-refractivity contribution is 6.32. The highest BCUT2D eigenvalue weighted by Crippen LogP contribution is 2.68. The largest absolute Gasteiger partial charge is 0.296 e. The van der Waals surface area contributed by atoms with Gasteiger partial charge in [-0.05, 0) is 98.1 Å². The van der Waals surface area contributed by atoms with Gasteiger partial charge < -0.3 is 0 Å². The third kappa shape index (κ3) is 3.89. The molecule has 3 heterocycles. The maximum Gasteiger partial charge on any atom is 0.127 e. The lowest BCUT2D eigenvalue weighted by molar-refractivity contribution is 0.850. The number of aromatic nitrogens is 1. The maximum absolute atomic E-state index is 5.61. The summed E-state index contributed by atoms with van der Waals surface area (Å²) >= 11 is 0. The van der Waals surface area contributed by atoms with Gasteiger partial charge in [0.1, 0.15) is 5.84 Å². The first-order chi connectivity index (χ1) is 27.3. The number of fused-ring (bicyclic) bond motifs is 12. The number of para-hydroxylation sites is 2. The van der Waals surface area contributed by atoms with Gasteiger partial charge in [-0.3, -0.25) is 9.56 Å². The Morgan fingerprint density at radius 1 is 0.491 bits per heavy atom. The minimum absolute atomic E-state index is 0.237. The molecule has 0 amide bonds. The molecule has 0 radical (unpaired) electrons. The number of aliphatic imine (C=N–C) groups is 2.